The van der Waals surface area contributed by atoms with Crippen molar-refractivity contribution >= 4 is 21.8 Å². The first-order valence-corrected chi connectivity index (χ1v) is 10.3. The van der Waals surface area contributed by atoms with E-state index in [-0.39, 0.29) is 16.5 Å². The number of benzene rings is 2. The van der Waals surface area contributed by atoms with E-state index in [0.717, 1.165) is 16.9 Å². The molecule has 0 fully saturated rings. The summed E-state index contributed by atoms with van der Waals surface area (Å²) >= 11 is 0. The van der Waals surface area contributed by atoms with E-state index < -0.39 is 28.4 Å². The minimum atomic E-state index is -4.01. The van der Waals surface area contributed by atoms with Gasteiger partial charge in [-0.25, -0.2) is 12.7 Å². The van der Waals surface area contributed by atoms with Crippen LogP contribution in [0.15, 0.2) is 47.4 Å². The van der Waals surface area contributed by atoms with Crippen molar-refractivity contribution in [3.05, 3.63) is 59.2 Å². The fourth-order valence-electron chi connectivity index (χ4n) is 3.30. The van der Waals surface area contributed by atoms with Crippen molar-refractivity contribution in [3.63, 3.8) is 0 Å². The number of carbonyl (C=O) groups is 2. The fourth-order valence-corrected chi connectivity index (χ4v) is 4.82. The third kappa shape index (κ3) is 3.47. The van der Waals surface area contributed by atoms with Crippen molar-refractivity contribution in [3.8, 4) is 5.75 Å². The van der Waals surface area contributed by atoms with Crippen LogP contribution in [0.1, 0.15) is 40.9 Å². The number of aryl methyl sites for hydroxylation is 1. The summed E-state index contributed by atoms with van der Waals surface area (Å²) in [5.41, 5.74) is 1.90. The molecular formula is C20H22N2O5S. The molecule has 7 nitrogen and oxygen atoms in total. The van der Waals surface area contributed by atoms with E-state index in [9.17, 15) is 18.0 Å². The number of amides is 2. The number of hydrogen-bond donors (Lipinski definition) is 1. The minimum absolute atomic E-state index is 0.0642. The van der Waals surface area contributed by atoms with Crippen LogP contribution in [0.5, 0.6) is 5.75 Å². The van der Waals surface area contributed by atoms with Crippen molar-refractivity contribution < 1.29 is 22.7 Å². The Bertz CT molecular complexity index is 1030. The van der Waals surface area contributed by atoms with Crippen molar-refractivity contribution in [2.45, 2.75) is 31.2 Å². The number of carbonyl (C=O) groups excluding carboxylic acids is 2. The number of nitrogens with one attached hydrogen (secondary N) is 1. The number of fused-ring (bicyclic) bond motifs is 1. The van der Waals surface area contributed by atoms with Gasteiger partial charge in [-0.05, 0) is 42.7 Å². The average Bonchev–Trinajstić information content (AvgIpc) is 2.87. The molecule has 0 aliphatic carbocycles. The molecule has 2 amide bonds. The molecule has 0 unspecified atom stereocenters. The predicted octanol–water partition coefficient (Wildman–Crippen LogP) is 2.42. The largest absolute Gasteiger partial charge is 0.496 e. The van der Waals surface area contributed by atoms with Crippen LogP contribution in [-0.4, -0.2) is 38.2 Å². The zero-order valence-electron chi connectivity index (χ0n) is 15.9. The molecule has 1 aliphatic rings. The van der Waals surface area contributed by atoms with Crippen LogP contribution < -0.4 is 10.1 Å². The van der Waals surface area contributed by atoms with Crippen LogP contribution >= 0.6 is 0 Å². The summed E-state index contributed by atoms with van der Waals surface area (Å²) in [7, 11) is -2.42. The highest BCUT2D eigenvalue weighted by Gasteiger charge is 2.41. The van der Waals surface area contributed by atoms with Gasteiger partial charge in [-0.15, -0.1) is 0 Å². The molecule has 8 heteroatoms. The molecule has 0 aromatic heterocycles. The Hall–Kier alpha value is -2.87. The first-order valence-electron chi connectivity index (χ1n) is 8.89. The van der Waals surface area contributed by atoms with Gasteiger partial charge in [0.25, 0.3) is 15.9 Å². The Labute approximate surface area is 164 Å². The molecule has 0 spiro atoms. The molecule has 0 bridgehead atoms. The third-order valence-electron chi connectivity index (χ3n) is 4.76. The maximum atomic E-state index is 12.6. The Balaban J connectivity index is 1.76. The number of ether oxygens (including phenoxy) is 1. The van der Waals surface area contributed by atoms with Gasteiger partial charge in [-0.2, -0.15) is 0 Å². The molecule has 1 N–H and O–H groups in total. The van der Waals surface area contributed by atoms with Crippen molar-refractivity contribution in [2.24, 2.45) is 0 Å². The second kappa shape index (κ2) is 7.63. The van der Waals surface area contributed by atoms with Gasteiger partial charge in [0.05, 0.1) is 18.7 Å². The second-order valence-corrected chi connectivity index (χ2v) is 8.40. The van der Waals surface area contributed by atoms with E-state index in [2.05, 4.69) is 5.32 Å². The zero-order chi connectivity index (χ0) is 20.5. The van der Waals surface area contributed by atoms with Crippen LogP contribution in [0.2, 0.25) is 0 Å². The SMILES string of the molecule is CC[C@H](NC(=O)CN1C(=O)c2ccccc2S1(=O)=O)c1ccc(OC)c(C)c1. The number of nitrogens with zero attached hydrogens (tertiary/aromatic N) is 1. The molecule has 28 heavy (non-hydrogen) atoms. The van der Waals surface area contributed by atoms with Gasteiger partial charge in [-0.3, -0.25) is 9.59 Å². The Morgan fingerprint density at radius 3 is 2.54 bits per heavy atom. The lowest BCUT2D eigenvalue weighted by Gasteiger charge is -2.21. The summed E-state index contributed by atoms with van der Waals surface area (Å²) in [5, 5.41) is 2.82. The molecule has 1 aliphatic heterocycles. The lowest BCUT2D eigenvalue weighted by Crippen LogP contribution is -2.41. The van der Waals surface area contributed by atoms with Crippen molar-refractivity contribution in [1.82, 2.24) is 9.62 Å². The van der Waals surface area contributed by atoms with Gasteiger partial charge >= 0.3 is 0 Å². The second-order valence-electron chi connectivity index (χ2n) is 6.57. The van der Waals surface area contributed by atoms with Crippen LogP contribution in [0.3, 0.4) is 0 Å². The van der Waals surface area contributed by atoms with Crippen molar-refractivity contribution in [2.75, 3.05) is 13.7 Å². The first kappa shape index (κ1) is 19.9. The third-order valence-corrected chi connectivity index (χ3v) is 6.55. The Morgan fingerprint density at radius 2 is 1.93 bits per heavy atom. The van der Waals surface area contributed by atoms with E-state index in [1.54, 1.807) is 19.2 Å². The summed E-state index contributed by atoms with van der Waals surface area (Å²) in [6, 6.07) is 11.2. The van der Waals surface area contributed by atoms with Gasteiger partial charge in [0.2, 0.25) is 5.91 Å². The predicted molar refractivity (Wildman–Crippen MR) is 104 cm³/mol. The fraction of sp³-hybridized carbons (Fsp3) is 0.300. The number of methoxy groups -OCH3 is 1. The van der Waals surface area contributed by atoms with Crippen LogP contribution in [0, 0.1) is 6.92 Å². The number of hydrogen-bond acceptors (Lipinski definition) is 5. The van der Waals surface area contributed by atoms with Gasteiger partial charge in [-0.1, -0.05) is 31.2 Å². The number of sulfonamides is 1. The molecule has 1 atom stereocenters. The highest BCUT2D eigenvalue weighted by molar-refractivity contribution is 7.90. The highest BCUT2D eigenvalue weighted by Crippen LogP contribution is 2.30. The standard InChI is InChI=1S/C20H22N2O5S/c1-4-16(14-9-10-17(27-3)13(2)11-14)21-19(23)12-22-20(24)15-7-5-6-8-18(15)28(22,25)26/h5-11,16H,4,12H2,1-3H3,(H,21,23)/t16-/m0/s1. The first-order chi connectivity index (χ1) is 13.3. The van der Waals surface area contributed by atoms with Crippen molar-refractivity contribution in [1.29, 1.82) is 0 Å². The van der Waals surface area contributed by atoms with E-state index in [4.69, 9.17) is 4.74 Å². The van der Waals surface area contributed by atoms with Crippen LogP contribution in [0.4, 0.5) is 0 Å². The zero-order valence-corrected chi connectivity index (χ0v) is 16.7. The molecule has 2 aromatic rings. The van der Waals surface area contributed by atoms with Crippen LogP contribution in [-0.2, 0) is 14.8 Å². The Kier molecular flexibility index (Phi) is 5.42. The van der Waals surface area contributed by atoms with Crippen LogP contribution in [0.25, 0.3) is 0 Å². The minimum Gasteiger partial charge on any atom is -0.496 e. The summed E-state index contributed by atoms with van der Waals surface area (Å²) in [6.07, 6.45) is 0.610. The van der Waals surface area contributed by atoms with E-state index in [1.165, 1.54) is 12.1 Å². The van der Waals surface area contributed by atoms with Gasteiger partial charge in [0.15, 0.2) is 0 Å². The van der Waals surface area contributed by atoms with Gasteiger partial charge < -0.3 is 10.1 Å². The molecule has 0 radical (unpaired) electrons. The summed E-state index contributed by atoms with van der Waals surface area (Å²) in [6.45, 7) is 3.27. The lowest BCUT2D eigenvalue weighted by molar-refractivity contribution is -0.121. The highest BCUT2D eigenvalue weighted by atomic mass is 32.2. The molecule has 1 heterocycles. The van der Waals surface area contributed by atoms with Gasteiger partial charge in [0, 0.05) is 0 Å². The Morgan fingerprint density at radius 1 is 1.21 bits per heavy atom. The quantitative estimate of drug-likeness (QED) is 0.801. The number of rotatable bonds is 6. The molecule has 2 aromatic carbocycles. The summed E-state index contributed by atoms with van der Waals surface area (Å²) in [5.74, 6) is -0.472. The van der Waals surface area contributed by atoms with Gasteiger partial charge in [0.1, 0.15) is 17.2 Å². The molecule has 0 saturated heterocycles. The normalized spacial score (nSPS) is 15.8. The maximum Gasteiger partial charge on any atom is 0.269 e. The smallest absolute Gasteiger partial charge is 0.269 e. The monoisotopic (exact) mass is 402 g/mol. The molecule has 3 rings (SSSR count). The summed E-state index contributed by atoms with van der Waals surface area (Å²) in [4.78, 5) is 24.9. The van der Waals surface area contributed by atoms with E-state index in [1.807, 2.05) is 32.0 Å². The molecule has 148 valence electrons. The molecule has 0 saturated carbocycles. The van der Waals surface area contributed by atoms with E-state index in [0.29, 0.717) is 10.7 Å². The lowest BCUT2D eigenvalue weighted by atomic mass is 10.0. The maximum absolute atomic E-state index is 12.6. The topological polar surface area (TPSA) is 92.8 Å². The summed E-state index contributed by atoms with van der Waals surface area (Å²) < 4.78 is 31.0. The van der Waals surface area contributed by atoms with E-state index >= 15 is 0 Å². The average molecular weight is 402 g/mol. The molecular weight excluding hydrogens is 380 g/mol.